The van der Waals surface area contributed by atoms with Gasteiger partial charge in [-0.25, -0.2) is 9.97 Å². The summed E-state index contributed by atoms with van der Waals surface area (Å²) in [5.74, 6) is 0.905. The smallest absolute Gasteiger partial charge is 0.259 e. The predicted octanol–water partition coefficient (Wildman–Crippen LogP) is 9.69. The highest BCUT2D eigenvalue weighted by atomic mass is 35.5. The zero-order valence-electron chi connectivity index (χ0n) is 31.9. The first-order chi connectivity index (χ1) is 29.1. The van der Waals surface area contributed by atoms with Crippen molar-refractivity contribution < 1.29 is 14.3 Å². The molecule has 0 saturated carbocycles. The van der Waals surface area contributed by atoms with E-state index in [0.717, 1.165) is 50.5 Å². The monoisotopic (exact) mass is 906 g/mol. The van der Waals surface area contributed by atoms with Crippen LogP contribution in [0.5, 0.6) is 0 Å². The number of rotatable bonds is 14. The van der Waals surface area contributed by atoms with Gasteiger partial charge in [-0.1, -0.05) is 58.0 Å². The van der Waals surface area contributed by atoms with E-state index in [9.17, 15) is 9.59 Å². The number of halogens is 5. The zero-order valence-corrected chi connectivity index (χ0v) is 35.7. The van der Waals surface area contributed by atoms with E-state index < -0.39 is 0 Å². The van der Waals surface area contributed by atoms with Gasteiger partial charge in [0.25, 0.3) is 11.8 Å². The van der Waals surface area contributed by atoms with Crippen LogP contribution in [-0.4, -0.2) is 76.0 Å². The van der Waals surface area contributed by atoms with Gasteiger partial charge in [-0.15, -0.1) is 0 Å². The highest BCUT2D eigenvalue weighted by Crippen LogP contribution is 2.28. The van der Waals surface area contributed by atoms with Crippen LogP contribution in [0.1, 0.15) is 31.8 Å². The van der Waals surface area contributed by atoms with Crippen LogP contribution >= 0.6 is 58.0 Å². The van der Waals surface area contributed by atoms with Crippen LogP contribution in [0.4, 0.5) is 28.8 Å². The number of benzene rings is 2. The Bertz CT molecular complexity index is 2380. The lowest BCUT2D eigenvalue weighted by Crippen LogP contribution is -2.39. The molecule has 310 valence electrons. The Kier molecular flexibility index (Phi) is 16.5. The van der Waals surface area contributed by atoms with Gasteiger partial charge in [-0.2, -0.15) is 0 Å². The van der Waals surface area contributed by atoms with Crippen LogP contribution in [-0.2, 0) is 17.8 Å². The molecule has 0 unspecified atom stereocenters. The normalized spacial score (nSPS) is 12.4. The number of nitrogens with zero attached hydrogens (tertiary/aromatic N) is 5. The highest BCUT2D eigenvalue weighted by Gasteiger charge is 2.17. The third-order valence-corrected chi connectivity index (χ3v) is 10.5. The van der Waals surface area contributed by atoms with Gasteiger partial charge < -0.3 is 31.3 Å². The molecule has 0 atom stereocenters. The molecule has 4 aromatic heterocycles. The third-order valence-electron chi connectivity index (χ3n) is 8.86. The maximum Gasteiger partial charge on any atom is 0.259 e. The van der Waals surface area contributed by atoms with Crippen LogP contribution in [0.15, 0.2) is 110 Å². The second-order valence-electron chi connectivity index (χ2n) is 13.1. The summed E-state index contributed by atoms with van der Waals surface area (Å²) in [6.45, 7) is 6.01. The Balaban J connectivity index is 0.000000209. The summed E-state index contributed by atoms with van der Waals surface area (Å²) >= 11 is 29.9. The van der Waals surface area contributed by atoms with Crippen molar-refractivity contribution in [2.24, 2.45) is 0 Å². The molecule has 5 heterocycles. The van der Waals surface area contributed by atoms with Gasteiger partial charge in [-0.05, 0) is 96.1 Å². The molecule has 0 aliphatic carbocycles. The summed E-state index contributed by atoms with van der Waals surface area (Å²) < 4.78 is 5.40. The first-order valence-electron chi connectivity index (χ1n) is 18.6. The number of hydrogen-bond acceptors (Lipinski definition) is 11. The minimum Gasteiger partial charge on any atom is -0.379 e. The van der Waals surface area contributed by atoms with Crippen molar-refractivity contribution in [3.8, 4) is 0 Å². The molecule has 7 rings (SSSR count). The van der Waals surface area contributed by atoms with Crippen molar-refractivity contribution in [2.75, 3.05) is 66.0 Å². The summed E-state index contributed by atoms with van der Waals surface area (Å²) in [6.07, 6.45) is 6.85. The molecule has 60 heavy (non-hydrogen) atoms. The molecule has 18 heteroatoms. The van der Waals surface area contributed by atoms with E-state index >= 15 is 0 Å². The maximum atomic E-state index is 13.1. The number of morpholine rings is 1. The molecular formula is C42H39Cl5N10O3. The number of aromatic nitrogens is 4. The Labute approximate surface area is 372 Å². The molecule has 1 aliphatic heterocycles. The zero-order chi connectivity index (χ0) is 42.3. The van der Waals surface area contributed by atoms with Crippen LogP contribution in [0.25, 0.3) is 0 Å². The summed E-state index contributed by atoms with van der Waals surface area (Å²) in [6, 6.07) is 24.1. The number of carbonyl (C=O) groups is 2. The molecule has 0 bridgehead atoms. The summed E-state index contributed by atoms with van der Waals surface area (Å²) in [4.78, 5) is 44.9. The summed E-state index contributed by atoms with van der Waals surface area (Å²) in [7, 11) is 0. The SMILES string of the molecule is O=C(Nc1ccc(Cl)c(Cl)c1)c1ccc(Cl)nc1NCc1ccncc1.O=C(Nc1ccc(Cl)c(Cl)c1)c1ccc(NCCN2CCOCC2)nc1NCc1ccncc1. The molecule has 1 aliphatic rings. The van der Waals surface area contributed by atoms with Crippen molar-refractivity contribution in [2.45, 2.75) is 13.1 Å². The Morgan fingerprint density at radius 3 is 1.60 bits per heavy atom. The average Bonchev–Trinajstić information content (AvgIpc) is 3.26. The topological polar surface area (TPSA) is 158 Å². The van der Waals surface area contributed by atoms with E-state index in [1.807, 2.05) is 24.3 Å². The standard InChI is InChI=1S/C24H26Cl2N6O2.C18H13Cl3N4O/c25-20-3-1-18(15-21(20)26)30-24(33)19-2-4-22(28-9-10-32-11-13-34-14-12-32)31-23(19)29-16-17-5-7-27-8-6-17;19-14-3-1-12(9-15(14)20)24-18(26)13-2-4-16(21)25-17(13)23-10-11-5-7-22-8-6-11/h1-8,15H,9-14,16H2,(H,30,33)(H2,28,29,31);1-9H,10H2,(H,23,25)(H,24,26). The molecule has 2 aromatic carbocycles. The Morgan fingerprint density at radius 2 is 1.08 bits per heavy atom. The number of pyridine rings is 4. The van der Waals surface area contributed by atoms with Crippen molar-refractivity contribution in [1.82, 2.24) is 24.8 Å². The molecule has 0 radical (unpaired) electrons. The fraction of sp³-hybridized carbons (Fsp3) is 0.190. The van der Waals surface area contributed by atoms with Gasteiger partial charge in [0.05, 0.1) is 44.4 Å². The van der Waals surface area contributed by atoms with Gasteiger partial charge in [0, 0.05) is 75.4 Å². The lowest BCUT2D eigenvalue weighted by atomic mass is 10.2. The van der Waals surface area contributed by atoms with Gasteiger partial charge >= 0.3 is 0 Å². The van der Waals surface area contributed by atoms with Crippen molar-refractivity contribution >= 4 is 98.6 Å². The fourth-order valence-electron chi connectivity index (χ4n) is 5.71. The maximum absolute atomic E-state index is 13.1. The number of ether oxygens (including phenoxy) is 1. The number of carbonyl (C=O) groups excluding carboxylic acids is 2. The Morgan fingerprint density at radius 1 is 0.583 bits per heavy atom. The van der Waals surface area contributed by atoms with Gasteiger partial charge in [0.2, 0.25) is 0 Å². The number of amides is 2. The van der Waals surface area contributed by atoms with Gasteiger partial charge in [0.15, 0.2) is 0 Å². The minimum atomic E-state index is -0.343. The van der Waals surface area contributed by atoms with E-state index in [0.29, 0.717) is 73.1 Å². The molecule has 1 fully saturated rings. The second-order valence-corrected chi connectivity index (χ2v) is 15.1. The first-order valence-corrected chi connectivity index (χ1v) is 20.5. The third kappa shape index (κ3) is 13.4. The molecule has 0 spiro atoms. The molecule has 1 saturated heterocycles. The van der Waals surface area contributed by atoms with Crippen molar-refractivity contribution in [3.63, 3.8) is 0 Å². The van der Waals surface area contributed by atoms with Crippen molar-refractivity contribution in [1.29, 1.82) is 0 Å². The largest absolute Gasteiger partial charge is 0.379 e. The molecule has 6 aromatic rings. The number of anilines is 5. The van der Waals surface area contributed by atoms with Crippen LogP contribution in [0.3, 0.4) is 0 Å². The van der Waals surface area contributed by atoms with Gasteiger partial charge in [-0.3, -0.25) is 24.5 Å². The van der Waals surface area contributed by atoms with E-state index in [4.69, 9.17) is 62.7 Å². The van der Waals surface area contributed by atoms with Gasteiger partial charge in [0.1, 0.15) is 22.6 Å². The van der Waals surface area contributed by atoms with E-state index in [1.165, 1.54) is 0 Å². The summed E-state index contributed by atoms with van der Waals surface area (Å²) in [5, 5.41) is 17.2. The number of hydrogen-bond donors (Lipinski definition) is 5. The lowest BCUT2D eigenvalue weighted by Gasteiger charge is -2.26. The number of nitrogens with one attached hydrogen (secondary N) is 5. The quantitative estimate of drug-likeness (QED) is 0.0663. The highest BCUT2D eigenvalue weighted by molar-refractivity contribution is 6.42. The fourth-order valence-corrected chi connectivity index (χ4v) is 6.46. The Hall–Kier alpha value is -5.25. The van der Waals surface area contributed by atoms with Crippen molar-refractivity contribution in [3.05, 3.63) is 157 Å². The lowest BCUT2D eigenvalue weighted by molar-refractivity contribution is 0.0398. The van der Waals surface area contributed by atoms with E-state index in [1.54, 1.807) is 85.5 Å². The average molecular weight is 909 g/mol. The molecule has 5 N–H and O–H groups in total. The van der Waals surface area contributed by atoms with Crippen LogP contribution in [0.2, 0.25) is 25.2 Å². The summed E-state index contributed by atoms with van der Waals surface area (Å²) in [5.41, 5.74) is 3.87. The van der Waals surface area contributed by atoms with E-state index in [-0.39, 0.29) is 17.0 Å². The minimum absolute atomic E-state index is 0.285. The molecule has 13 nitrogen and oxygen atoms in total. The van der Waals surface area contributed by atoms with Crippen LogP contribution in [0, 0.1) is 0 Å². The molecule has 2 amide bonds. The first kappa shape index (κ1) is 44.3. The van der Waals surface area contributed by atoms with Crippen LogP contribution < -0.4 is 26.6 Å². The second kappa shape index (κ2) is 22.4. The van der Waals surface area contributed by atoms with E-state index in [2.05, 4.69) is 51.4 Å². The predicted molar refractivity (Wildman–Crippen MR) is 241 cm³/mol. The molecular weight excluding hydrogens is 870 g/mol.